The van der Waals surface area contributed by atoms with Crippen molar-refractivity contribution in [3.8, 4) is 0 Å². The first kappa shape index (κ1) is 11.1. The Labute approximate surface area is 94.6 Å². The van der Waals surface area contributed by atoms with E-state index in [0.29, 0.717) is 5.82 Å². The molecule has 6 heteroatoms. The first-order chi connectivity index (χ1) is 7.64. The minimum atomic E-state index is -0.0831. The van der Waals surface area contributed by atoms with Crippen molar-refractivity contribution in [1.82, 2.24) is 9.97 Å². The second-order valence-electron chi connectivity index (χ2n) is 4.24. The second-order valence-corrected chi connectivity index (χ2v) is 4.24. The van der Waals surface area contributed by atoms with E-state index in [1.807, 2.05) is 0 Å². The Morgan fingerprint density at radius 2 is 2.25 bits per heavy atom. The highest BCUT2D eigenvalue weighted by Crippen LogP contribution is 2.28. The molecule has 2 heterocycles. The molecule has 0 bridgehead atoms. The number of ether oxygens (including phenoxy) is 1. The summed E-state index contributed by atoms with van der Waals surface area (Å²) >= 11 is 0. The van der Waals surface area contributed by atoms with Crippen molar-refractivity contribution in [2.45, 2.75) is 31.9 Å². The van der Waals surface area contributed by atoms with Crippen LogP contribution in [0, 0.1) is 0 Å². The molecule has 6 nitrogen and oxygen atoms in total. The predicted octanol–water partition coefficient (Wildman–Crippen LogP) is 0.742. The molecule has 1 saturated heterocycles. The molecule has 2 atom stereocenters. The van der Waals surface area contributed by atoms with Crippen molar-refractivity contribution in [3.05, 3.63) is 12.4 Å². The van der Waals surface area contributed by atoms with E-state index in [9.17, 15) is 0 Å². The standard InChI is InChI=1S/C10H17N5O/c1-7-10(2,3-4-16-7)14-8-5-9(15-11)13-6-12-8/h5-7H,3-4,11H2,1-2H3,(H2,12,13,14,15). The van der Waals surface area contributed by atoms with Gasteiger partial charge in [-0.3, -0.25) is 0 Å². The molecule has 2 unspecified atom stereocenters. The Kier molecular flexibility index (Phi) is 2.93. The van der Waals surface area contributed by atoms with Gasteiger partial charge in [0.1, 0.15) is 18.0 Å². The van der Waals surface area contributed by atoms with Crippen LogP contribution in [0.2, 0.25) is 0 Å². The molecule has 1 aliphatic heterocycles. The van der Waals surface area contributed by atoms with E-state index >= 15 is 0 Å². The summed E-state index contributed by atoms with van der Waals surface area (Å²) in [5, 5.41) is 3.37. The first-order valence-corrected chi connectivity index (χ1v) is 5.32. The Bertz CT molecular complexity index is 372. The van der Waals surface area contributed by atoms with Gasteiger partial charge in [0.2, 0.25) is 0 Å². The average molecular weight is 223 g/mol. The van der Waals surface area contributed by atoms with E-state index in [4.69, 9.17) is 10.6 Å². The van der Waals surface area contributed by atoms with Crippen LogP contribution in [-0.4, -0.2) is 28.2 Å². The molecule has 1 fully saturated rings. The number of nitrogens with two attached hydrogens (primary N) is 1. The molecule has 1 aromatic rings. The molecule has 0 saturated carbocycles. The van der Waals surface area contributed by atoms with Crippen LogP contribution in [0.5, 0.6) is 0 Å². The molecular formula is C10H17N5O. The quantitative estimate of drug-likeness (QED) is 0.517. The molecule has 88 valence electrons. The topological polar surface area (TPSA) is 85.1 Å². The fourth-order valence-corrected chi connectivity index (χ4v) is 1.80. The highest BCUT2D eigenvalue weighted by Gasteiger charge is 2.37. The van der Waals surface area contributed by atoms with Crippen LogP contribution >= 0.6 is 0 Å². The van der Waals surface area contributed by atoms with Gasteiger partial charge in [-0.15, -0.1) is 0 Å². The molecule has 0 spiro atoms. The van der Waals surface area contributed by atoms with Crippen molar-refractivity contribution in [3.63, 3.8) is 0 Å². The molecule has 2 rings (SSSR count). The van der Waals surface area contributed by atoms with Crippen LogP contribution in [0.15, 0.2) is 12.4 Å². The fourth-order valence-electron chi connectivity index (χ4n) is 1.80. The number of hydrazine groups is 1. The van der Waals surface area contributed by atoms with Gasteiger partial charge in [-0.1, -0.05) is 0 Å². The zero-order chi connectivity index (χ0) is 11.6. The monoisotopic (exact) mass is 223 g/mol. The van der Waals surface area contributed by atoms with Gasteiger partial charge in [0.25, 0.3) is 0 Å². The molecular weight excluding hydrogens is 206 g/mol. The molecule has 0 radical (unpaired) electrons. The van der Waals surface area contributed by atoms with Gasteiger partial charge >= 0.3 is 0 Å². The summed E-state index contributed by atoms with van der Waals surface area (Å²) < 4.78 is 5.55. The Morgan fingerprint density at radius 3 is 2.88 bits per heavy atom. The zero-order valence-electron chi connectivity index (χ0n) is 9.53. The number of anilines is 2. The Hall–Kier alpha value is -1.40. The number of nitrogens with zero attached hydrogens (tertiary/aromatic N) is 2. The highest BCUT2D eigenvalue weighted by atomic mass is 16.5. The summed E-state index contributed by atoms with van der Waals surface area (Å²) in [6.07, 6.45) is 2.60. The van der Waals surface area contributed by atoms with Crippen LogP contribution in [0.25, 0.3) is 0 Å². The van der Waals surface area contributed by atoms with Crippen molar-refractivity contribution in [2.75, 3.05) is 17.3 Å². The third-order valence-electron chi connectivity index (χ3n) is 3.12. The Balaban J connectivity index is 2.13. The summed E-state index contributed by atoms with van der Waals surface area (Å²) in [7, 11) is 0. The van der Waals surface area contributed by atoms with E-state index in [-0.39, 0.29) is 11.6 Å². The van der Waals surface area contributed by atoms with Gasteiger partial charge in [0, 0.05) is 12.7 Å². The predicted molar refractivity (Wildman–Crippen MR) is 61.9 cm³/mol. The minimum absolute atomic E-state index is 0.0831. The number of rotatable bonds is 3. The normalized spacial score (nSPS) is 29.1. The zero-order valence-corrected chi connectivity index (χ0v) is 9.53. The first-order valence-electron chi connectivity index (χ1n) is 5.32. The Morgan fingerprint density at radius 1 is 1.50 bits per heavy atom. The largest absolute Gasteiger partial charge is 0.376 e. The SMILES string of the molecule is CC1OCCC1(C)Nc1cc(NN)ncn1. The van der Waals surface area contributed by atoms with Crippen LogP contribution in [-0.2, 0) is 4.74 Å². The van der Waals surface area contributed by atoms with E-state index in [0.717, 1.165) is 18.8 Å². The van der Waals surface area contributed by atoms with Crippen molar-refractivity contribution >= 4 is 11.6 Å². The number of hydrogen-bond donors (Lipinski definition) is 3. The summed E-state index contributed by atoms with van der Waals surface area (Å²) in [5.74, 6) is 6.64. The van der Waals surface area contributed by atoms with Crippen LogP contribution in [0.4, 0.5) is 11.6 Å². The number of nitrogens with one attached hydrogen (secondary N) is 2. The molecule has 0 amide bonds. The fraction of sp³-hybridized carbons (Fsp3) is 0.600. The average Bonchev–Trinajstić information content (AvgIpc) is 2.59. The maximum atomic E-state index is 5.55. The third-order valence-corrected chi connectivity index (χ3v) is 3.12. The van der Waals surface area contributed by atoms with Crippen LogP contribution in [0.3, 0.4) is 0 Å². The molecule has 0 aromatic carbocycles. The van der Waals surface area contributed by atoms with E-state index in [2.05, 4.69) is 34.6 Å². The summed E-state index contributed by atoms with van der Waals surface area (Å²) in [6, 6.07) is 1.77. The highest BCUT2D eigenvalue weighted by molar-refractivity contribution is 5.47. The van der Waals surface area contributed by atoms with E-state index in [1.165, 1.54) is 6.33 Å². The van der Waals surface area contributed by atoms with Crippen molar-refractivity contribution < 1.29 is 4.74 Å². The maximum absolute atomic E-state index is 5.55. The van der Waals surface area contributed by atoms with Gasteiger partial charge in [-0.25, -0.2) is 15.8 Å². The van der Waals surface area contributed by atoms with Crippen molar-refractivity contribution in [1.29, 1.82) is 0 Å². The van der Waals surface area contributed by atoms with E-state index < -0.39 is 0 Å². The van der Waals surface area contributed by atoms with E-state index in [1.54, 1.807) is 6.07 Å². The number of nitrogen functional groups attached to an aromatic ring is 1. The van der Waals surface area contributed by atoms with Crippen molar-refractivity contribution in [2.24, 2.45) is 5.84 Å². The molecule has 1 aromatic heterocycles. The lowest BCUT2D eigenvalue weighted by atomic mass is 9.95. The van der Waals surface area contributed by atoms with Gasteiger partial charge in [-0.2, -0.15) is 0 Å². The summed E-state index contributed by atoms with van der Waals surface area (Å²) in [6.45, 7) is 4.96. The van der Waals surface area contributed by atoms with Gasteiger partial charge in [-0.05, 0) is 20.3 Å². The second kappa shape index (κ2) is 4.23. The molecule has 1 aliphatic rings. The third kappa shape index (κ3) is 2.07. The smallest absolute Gasteiger partial charge is 0.145 e. The lowest BCUT2D eigenvalue weighted by Gasteiger charge is -2.29. The minimum Gasteiger partial charge on any atom is -0.376 e. The van der Waals surface area contributed by atoms with Crippen LogP contribution < -0.4 is 16.6 Å². The lowest BCUT2D eigenvalue weighted by Crippen LogP contribution is -2.41. The summed E-state index contributed by atoms with van der Waals surface area (Å²) in [4.78, 5) is 8.11. The van der Waals surface area contributed by atoms with Crippen LogP contribution in [0.1, 0.15) is 20.3 Å². The number of hydrogen-bond acceptors (Lipinski definition) is 6. The van der Waals surface area contributed by atoms with Gasteiger partial charge in [0.15, 0.2) is 0 Å². The maximum Gasteiger partial charge on any atom is 0.145 e. The molecule has 0 aliphatic carbocycles. The molecule has 16 heavy (non-hydrogen) atoms. The number of aromatic nitrogens is 2. The van der Waals surface area contributed by atoms with Gasteiger partial charge < -0.3 is 15.5 Å². The molecule has 4 N–H and O–H groups in total. The van der Waals surface area contributed by atoms with Gasteiger partial charge in [0.05, 0.1) is 11.6 Å². The summed E-state index contributed by atoms with van der Waals surface area (Å²) in [5.41, 5.74) is 2.41. The lowest BCUT2D eigenvalue weighted by molar-refractivity contribution is 0.105.